The zero-order chi connectivity index (χ0) is 19.1. The van der Waals surface area contributed by atoms with E-state index in [0.717, 1.165) is 17.0 Å². The van der Waals surface area contributed by atoms with Crippen LogP contribution in [-0.2, 0) is 22.6 Å². The van der Waals surface area contributed by atoms with Gasteiger partial charge in [-0.2, -0.15) is 0 Å². The molecule has 1 aromatic heterocycles. The van der Waals surface area contributed by atoms with Crippen LogP contribution in [0, 0.1) is 11.6 Å². The molecule has 2 aromatic rings. The van der Waals surface area contributed by atoms with Gasteiger partial charge in [0.15, 0.2) is 0 Å². The predicted molar refractivity (Wildman–Crippen MR) is 88.2 cm³/mol. The summed E-state index contributed by atoms with van der Waals surface area (Å²) in [6.45, 7) is 0.135. The Morgan fingerprint density at radius 1 is 1.26 bits per heavy atom. The van der Waals surface area contributed by atoms with Gasteiger partial charge >= 0.3 is 6.03 Å². The van der Waals surface area contributed by atoms with Gasteiger partial charge in [-0.25, -0.2) is 18.6 Å². The van der Waals surface area contributed by atoms with Crippen molar-refractivity contribution in [1.82, 2.24) is 25.1 Å². The van der Waals surface area contributed by atoms with E-state index in [0.29, 0.717) is 24.4 Å². The topological polar surface area (TPSA) is 98.4 Å². The number of carbonyl (C=O) groups excluding carboxylic acids is 3. The van der Waals surface area contributed by atoms with Crippen LogP contribution in [0.5, 0.6) is 0 Å². The first-order valence-electron chi connectivity index (χ1n) is 8.31. The molecule has 27 heavy (non-hydrogen) atoms. The number of fused-ring (bicyclic) bond motifs is 1. The van der Waals surface area contributed by atoms with Gasteiger partial charge in [0, 0.05) is 19.0 Å². The van der Waals surface area contributed by atoms with Crippen molar-refractivity contribution in [3.63, 3.8) is 0 Å². The molecule has 2 aliphatic rings. The van der Waals surface area contributed by atoms with Crippen LogP contribution in [0.1, 0.15) is 11.4 Å². The first kappa shape index (κ1) is 17.1. The largest absolute Gasteiger partial charge is 0.340 e. The molecule has 0 spiro atoms. The van der Waals surface area contributed by atoms with Crippen molar-refractivity contribution >= 4 is 17.8 Å². The molecular weight excluding hydrogens is 360 g/mol. The van der Waals surface area contributed by atoms with E-state index in [1.54, 1.807) is 0 Å². The van der Waals surface area contributed by atoms with Gasteiger partial charge in [0.2, 0.25) is 5.91 Å². The van der Waals surface area contributed by atoms with Gasteiger partial charge in [0.1, 0.15) is 24.0 Å². The number of nitrogens with zero attached hydrogens (tertiary/aromatic N) is 3. The lowest BCUT2D eigenvalue weighted by Gasteiger charge is -2.27. The summed E-state index contributed by atoms with van der Waals surface area (Å²) in [6.07, 6.45) is 0.445. The van der Waals surface area contributed by atoms with Gasteiger partial charge < -0.3 is 15.2 Å². The first-order valence-corrected chi connectivity index (χ1v) is 8.31. The zero-order valence-corrected chi connectivity index (χ0v) is 14.1. The van der Waals surface area contributed by atoms with Crippen LogP contribution in [0.2, 0.25) is 0 Å². The number of imidazole rings is 1. The number of imide groups is 1. The summed E-state index contributed by atoms with van der Waals surface area (Å²) in [5.41, 5.74) is 1.49. The predicted octanol–water partition coefficient (Wildman–Crippen LogP) is 0.791. The summed E-state index contributed by atoms with van der Waals surface area (Å²) < 4.78 is 27.0. The van der Waals surface area contributed by atoms with Crippen molar-refractivity contribution in [3.05, 3.63) is 41.2 Å². The highest BCUT2D eigenvalue weighted by atomic mass is 19.1. The Labute approximate surface area is 152 Å². The van der Waals surface area contributed by atoms with Crippen LogP contribution in [0.25, 0.3) is 11.4 Å². The van der Waals surface area contributed by atoms with Crippen LogP contribution < -0.4 is 5.32 Å². The van der Waals surface area contributed by atoms with Gasteiger partial charge in [-0.1, -0.05) is 0 Å². The minimum atomic E-state index is -0.729. The molecule has 0 aliphatic carbocycles. The van der Waals surface area contributed by atoms with Crippen LogP contribution in [0.4, 0.5) is 13.6 Å². The van der Waals surface area contributed by atoms with Gasteiger partial charge in [-0.3, -0.25) is 14.5 Å². The number of benzene rings is 1. The lowest BCUT2D eigenvalue weighted by molar-refractivity contribution is -0.137. The molecule has 8 nitrogen and oxygen atoms in total. The Bertz CT molecular complexity index is 942. The van der Waals surface area contributed by atoms with Crippen molar-refractivity contribution < 1.29 is 23.2 Å². The van der Waals surface area contributed by atoms with Crippen molar-refractivity contribution in [2.45, 2.75) is 13.0 Å². The van der Waals surface area contributed by atoms with Crippen molar-refractivity contribution in [2.24, 2.45) is 0 Å². The number of aromatic amines is 1. The van der Waals surface area contributed by atoms with E-state index >= 15 is 0 Å². The number of H-pyrrole nitrogens is 1. The smallest absolute Gasteiger partial charge is 0.325 e. The molecule has 4 amide bonds. The second kappa shape index (κ2) is 6.45. The number of aromatic nitrogens is 2. The van der Waals surface area contributed by atoms with Crippen molar-refractivity contribution in [2.75, 3.05) is 19.6 Å². The second-order valence-corrected chi connectivity index (χ2v) is 6.34. The molecular formula is C17H15F2N5O3. The fourth-order valence-electron chi connectivity index (χ4n) is 3.17. The molecule has 0 atom stereocenters. The van der Waals surface area contributed by atoms with E-state index in [9.17, 15) is 23.2 Å². The maximum atomic E-state index is 14.0. The maximum absolute atomic E-state index is 14.0. The number of carbonyl (C=O) groups is 3. The number of nitrogens with one attached hydrogen (secondary N) is 2. The summed E-state index contributed by atoms with van der Waals surface area (Å²) in [6, 6.07) is 2.65. The van der Waals surface area contributed by atoms with Gasteiger partial charge in [0.05, 0.1) is 30.0 Å². The molecule has 0 bridgehead atoms. The average Bonchev–Trinajstić information content (AvgIpc) is 3.19. The summed E-state index contributed by atoms with van der Waals surface area (Å²) in [4.78, 5) is 45.3. The van der Waals surface area contributed by atoms with E-state index < -0.39 is 23.6 Å². The second-order valence-electron chi connectivity index (χ2n) is 6.34. The Morgan fingerprint density at radius 3 is 2.78 bits per heavy atom. The van der Waals surface area contributed by atoms with Crippen LogP contribution in [0.15, 0.2) is 18.2 Å². The van der Waals surface area contributed by atoms with Crippen LogP contribution in [-0.4, -0.2) is 57.2 Å². The lowest BCUT2D eigenvalue weighted by atomic mass is 10.1. The molecule has 10 heteroatoms. The van der Waals surface area contributed by atoms with E-state index in [1.807, 2.05) is 0 Å². The number of hydrogen-bond donors (Lipinski definition) is 2. The SMILES string of the molecule is O=C(CN1C(=O)CNC1=O)N1CCc2nc(-c3ccc(F)cc3F)[nH]c2C1. The average molecular weight is 375 g/mol. The number of hydrogen-bond acceptors (Lipinski definition) is 4. The Balaban J connectivity index is 1.50. The third-order valence-corrected chi connectivity index (χ3v) is 4.60. The summed E-state index contributed by atoms with van der Waals surface area (Å²) in [5, 5.41) is 2.36. The number of amides is 4. The van der Waals surface area contributed by atoms with E-state index in [-0.39, 0.29) is 36.9 Å². The van der Waals surface area contributed by atoms with Gasteiger partial charge in [-0.05, 0) is 12.1 Å². The van der Waals surface area contributed by atoms with Gasteiger partial charge in [-0.15, -0.1) is 0 Å². The summed E-state index contributed by atoms with van der Waals surface area (Å²) in [5.74, 6) is -1.95. The maximum Gasteiger partial charge on any atom is 0.325 e. The monoisotopic (exact) mass is 375 g/mol. The molecule has 3 heterocycles. The molecule has 1 aromatic carbocycles. The normalized spacial score (nSPS) is 16.5. The Hall–Kier alpha value is -3.30. The highest BCUT2D eigenvalue weighted by Crippen LogP contribution is 2.25. The minimum Gasteiger partial charge on any atom is -0.340 e. The molecule has 140 valence electrons. The molecule has 0 unspecified atom stereocenters. The molecule has 2 aliphatic heterocycles. The Morgan fingerprint density at radius 2 is 2.07 bits per heavy atom. The molecule has 0 radical (unpaired) electrons. The summed E-state index contributed by atoms with van der Waals surface area (Å²) >= 11 is 0. The van der Waals surface area contributed by atoms with E-state index in [2.05, 4.69) is 15.3 Å². The molecule has 4 rings (SSSR count). The number of urea groups is 1. The fourth-order valence-corrected chi connectivity index (χ4v) is 3.17. The molecule has 1 fully saturated rings. The molecule has 0 saturated carbocycles. The lowest BCUT2D eigenvalue weighted by Crippen LogP contribution is -2.44. The Kier molecular flexibility index (Phi) is 4.09. The van der Waals surface area contributed by atoms with Crippen LogP contribution in [0.3, 0.4) is 0 Å². The fraction of sp³-hybridized carbons (Fsp3) is 0.294. The van der Waals surface area contributed by atoms with E-state index in [4.69, 9.17) is 0 Å². The van der Waals surface area contributed by atoms with Crippen molar-refractivity contribution in [3.8, 4) is 11.4 Å². The number of halogens is 2. The number of rotatable bonds is 3. The standard InChI is InChI=1S/C17H15F2N5O3/c18-9-1-2-10(11(19)5-9)16-21-12-3-4-23(7-13(12)22-16)15(26)8-24-14(25)6-20-17(24)27/h1-2,5H,3-4,6-8H2,(H,20,27)(H,21,22). The first-order chi connectivity index (χ1) is 12.9. The highest BCUT2D eigenvalue weighted by Gasteiger charge is 2.33. The third-order valence-electron chi connectivity index (χ3n) is 4.60. The van der Waals surface area contributed by atoms with Gasteiger partial charge in [0.25, 0.3) is 5.91 Å². The third kappa shape index (κ3) is 3.14. The summed E-state index contributed by atoms with van der Waals surface area (Å²) in [7, 11) is 0. The minimum absolute atomic E-state index is 0.108. The van der Waals surface area contributed by atoms with Crippen LogP contribution >= 0.6 is 0 Å². The molecule has 1 saturated heterocycles. The van der Waals surface area contributed by atoms with Crippen molar-refractivity contribution in [1.29, 1.82) is 0 Å². The molecule has 2 N–H and O–H groups in total. The van der Waals surface area contributed by atoms with E-state index in [1.165, 1.54) is 11.0 Å². The highest BCUT2D eigenvalue weighted by molar-refractivity contribution is 6.04. The quantitative estimate of drug-likeness (QED) is 0.775. The zero-order valence-electron chi connectivity index (χ0n) is 14.1.